The number of methoxy groups -OCH3 is 1. The first-order valence-electron chi connectivity index (χ1n) is 5.78. The molecule has 0 aliphatic rings. The fraction of sp³-hybridized carbons (Fsp3) is 0.154. The van der Waals surface area contributed by atoms with Crippen LogP contribution in [0.15, 0.2) is 18.2 Å². The number of benzene rings is 1. The fourth-order valence-corrected chi connectivity index (χ4v) is 2.49. The molecule has 0 radical (unpaired) electrons. The summed E-state index contributed by atoms with van der Waals surface area (Å²) in [4.78, 5) is 26.3. The van der Waals surface area contributed by atoms with E-state index in [1.165, 1.54) is 32.2 Å². The monoisotopic (exact) mass is 310 g/mol. The van der Waals surface area contributed by atoms with Crippen LogP contribution in [0.25, 0.3) is 0 Å². The van der Waals surface area contributed by atoms with Gasteiger partial charge in [-0.05, 0) is 12.1 Å². The number of carboxylic acids is 1. The number of ketones is 1. The highest BCUT2D eigenvalue weighted by Crippen LogP contribution is 2.29. The van der Waals surface area contributed by atoms with Crippen molar-refractivity contribution in [2.24, 2.45) is 0 Å². The summed E-state index contributed by atoms with van der Waals surface area (Å²) in [5.74, 6) is -2.13. The molecule has 0 saturated carbocycles. The van der Waals surface area contributed by atoms with Gasteiger partial charge in [0.1, 0.15) is 4.88 Å². The second kappa shape index (κ2) is 5.88. The number of carboxylic acid groups (broad SMARTS) is 1. The second-order valence-electron chi connectivity index (χ2n) is 4.03. The number of hydrogen-bond acceptors (Lipinski definition) is 6. The maximum absolute atomic E-state index is 13.3. The molecule has 0 bridgehead atoms. The SMILES string of the molecule is COc1cc(Nc2nc(C(=O)O)c(C(C)=O)s2)ccc1F. The van der Waals surface area contributed by atoms with Crippen LogP contribution in [0.5, 0.6) is 5.75 Å². The van der Waals surface area contributed by atoms with Gasteiger partial charge in [-0.3, -0.25) is 4.79 Å². The second-order valence-corrected chi connectivity index (χ2v) is 5.03. The molecule has 0 spiro atoms. The van der Waals surface area contributed by atoms with Gasteiger partial charge in [0, 0.05) is 18.7 Å². The Hall–Kier alpha value is -2.48. The van der Waals surface area contributed by atoms with Crippen molar-refractivity contribution in [1.29, 1.82) is 0 Å². The summed E-state index contributed by atoms with van der Waals surface area (Å²) in [5, 5.41) is 12.1. The molecule has 2 rings (SSSR count). The van der Waals surface area contributed by atoms with Gasteiger partial charge >= 0.3 is 5.97 Å². The van der Waals surface area contributed by atoms with Crippen LogP contribution in [0.3, 0.4) is 0 Å². The molecule has 2 N–H and O–H groups in total. The quantitative estimate of drug-likeness (QED) is 0.825. The molecular weight excluding hydrogens is 299 g/mol. The predicted molar refractivity (Wildman–Crippen MR) is 75.3 cm³/mol. The number of nitrogens with one attached hydrogen (secondary N) is 1. The first-order chi connectivity index (χ1) is 9.92. The molecule has 1 heterocycles. The van der Waals surface area contributed by atoms with E-state index in [1.54, 1.807) is 0 Å². The normalized spacial score (nSPS) is 10.2. The first kappa shape index (κ1) is 14.9. The number of carbonyl (C=O) groups excluding carboxylic acids is 1. The zero-order chi connectivity index (χ0) is 15.6. The summed E-state index contributed by atoms with van der Waals surface area (Å²) < 4.78 is 18.1. The van der Waals surface area contributed by atoms with E-state index in [2.05, 4.69) is 10.3 Å². The lowest BCUT2D eigenvalue weighted by Crippen LogP contribution is -2.03. The maximum Gasteiger partial charge on any atom is 0.356 e. The number of ether oxygens (including phenoxy) is 1. The van der Waals surface area contributed by atoms with Crippen LogP contribution in [0.2, 0.25) is 0 Å². The number of Topliss-reactive ketones (excluding diaryl/α,β-unsaturated/α-hetero) is 1. The zero-order valence-corrected chi connectivity index (χ0v) is 12.0. The number of halogens is 1. The molecule has 1 aromatic carbocycles. The minimum Gasteiger partial charge on any atom is -0.494 e. The van der Waals surface area contributed by atoms with Crippen LogP contribution in [0.4, 0.5) is 15.2 Å². The van der Waals surface area contributed by atoms with E-state index >= 15 is 0 Å². The third-order valence-electron chi connectivity index (χ3n) is 2.55. The minimum atomic E-state index is -1.28. The number of anilines is 2. The van der Waals surface area contributed by atoms with Crippen LogP contribution in [0, 0.1) is 5.82 Å². The van der Waals surface area contributed by atoms with Gasteiger partial charge in [0.25, 0.3) is 0 Å². The largest absolute Gasteiger partial charge is 0.494 e. The lowest BCUT2D eigenvalue weighted by atomic mass is 10.3. The lowest BCUT2D eigenvalue weighted by Gasteiger charge is -2.06. The van der Waals surface area contributed by atoms with Crippen molar-refractivity contribution in [3.05, 3.63) is 34.6 Å². The van der Waals surface area contributed by atoms with E-state index in [-0.39, 0.29) is 27.2 Å². The van der Waals surface area contributed by atoms with Gasteiger partial charge in [0.15, 0.2) is 28.2 Å². The molecule has 0 unspecified atom stereocenters. The third kappa shape index (κ3) is 3.16. The van der Waals surface area contributed by atoms with Gasteiger partial charge in [-0.25, -0.2) is 14.2 Å². The number of nitrogens with zero attached hydrogens (tertiary/aromatic N) is 1. The van der Waals surface area contributed by atoms with Crippen molar-refractivity contribution in [2.75, 3.05) is 12.4 Å². The first-order valence-corrected chi connectivity index (χ1v) is 6.59. The minimum absolute atomic E-state index is 0.0433. The maximum atomic E-state index is 13.3. The van der Waals surface area contributed by atoms with Crippen LogP contribution < -0.4 is 10.1 Å². The van der Waals surface area contributed by atoms with E-state index in [4.69, 9.17) is 9.84 Å². The Morgan fingerprint density at radius 2 is 2.14 bits per heavy atom. The highest BCUT2D eigenvalue weighted by atomic mass is 32.1. The third-order valence-corrected chi connectivity index (χ3v) is 3.62. The Bertz CT molecular complexity index is 683. The van der Waals surface area contributed by atoms with Crippen molar-refractivity contribution in [1.82, 2.24) is 4.98 Å². The summed E-state index contributed by atoms with van der Waals surface area (Å²) in [6.45, 7) is 1.27. The fourth-order valence-electron chi connectivity index (χ4n) is 1.62. The van der Waals surface area contributed by atoms with Gasteiger partial charge in [-0.2, -0.15) is 0 Å². The molecule has 110 valence electrons. The molecule has 1 aromatic heterocycles. The Balaban J connectivity index is 2.34. The Morgan fingerprint density at radius 3 is 2.67 bits per heavy atom. The van der Waals surface area contributed by atoms with Crippen molar-refractivity contribution in [2.45, 2.75) is 6.92 Å². The number of hydrogen-bond donors (Lipinski definition) is 2. The molecule has 0 amide bonds. The van der Waals surface area contributed by atoms with Gasteiger partial charge < -0.3 is 15.2 Å². The Kier molecular flexibility index (Phi) is 4.18. The summed E-state index contributed by atoms with van der Waals surface area (Å²) in [6.07, 6.45) is 0. The van der Waals surface area contributed by atoms with Gasteiger partial charge in [0.2, 0.25) is 0 Å². The predicted octanol–water partition coefficient (Wildman–Crippen LogP) is 2.94. The van der Waals surface area contributed by atoms with E-state index in [9.17, 15) is 14.0 Å². The van der Waals surface area contributed by atoms with Crippen molar-refractivity contribution >= 4 is 33.9 Å². The van der Waals surface area contributed by atoms with E-state index in [0.717, 1.165) is 11.3 Å². The summed E-state index contributed by atoms with van der Waals surface area (Å²) in [6, 6.07) is 4.07. The van der Waals surface area contributed by atoms with E-state index in [1.807, 2.05) is 0 Å². The van der Waals surface area contributed by atoms with Crippen LogP contribution in [0.1, 0.15) is 27.1 Å². The number of aromatic carboxylic acids is 1. The lowest BCUT2D eigenvalue weighted by molar-refractivity contribution is 0.0687. The summed E-state index contributed by atoms with van der Waals surface area (Å²) in [7, 11) is 1.34. The molecule has 0 saturated heterocycles. The summed E-state index contributed by atoms with van der Waals surface area (Å²) >= 11 is 0.921. The molecule has 21 heavy (non-hydrogen) atoms. The van der Waals surface area contributed by atoms with Crippen molar-refractivity contribution in [3.63, 3.8) is 0 Å². The number of thiazole rings is 1. The average Bonchev–Trinajstić information content (AvgIpc) is 2.85. The Labute approximate surface area is 123 Å². The standard InChI is InChI=1S/C13H11FN2O4S/c1-6(17)11-10(12(18)19)16-13(21-11)15-7-3-4-8(14)9(5-7)20-2/h3-5H,1-2H3,(H,15,16)(H,18,19). The summed E-state index contributed by atoms with van der Waals surface area (Å²) in [5.41, 5.74) is 0.165. The number of rotatable bonds is 5. The molecular formula is C13H11FN2O4S. The molecule has 0 fully saturated rings. The zero-order valence-electron chi connectivity index (χ0n) is 11.1. The molecule has 8 heteroatoms. The Morgan fingerprint density at radius 1 is 1.43 bits per heavy atom. The van der Waals surface area contributed by atoms with Gasteiger partial charge in [0.05, 0.1) is 7.11 Å². The average molecular weight is 310 g/mol. The topological polar surface area (TPSA) is 88.5 Å². The molecule has 0 aliphatic carbocycles. The highest BCUT2D eigenvalue weighted by Gasteiger charge is 2.20. The molecule has 0 atom stereocenters. The molecule has 6 nitrogen and oxygen atoms in total. The van der Waals surface area contributed by atoms with Crippen LogP contribution >= 0.6 is 11.3 Å². The van der Waals surface area contributed by atoms with Crippen molar-refractivity contribution < 1.29 is 23.8 Å². The van der Waals surface area contributed by atoms with Gasteiger partial charge in [-0.15, -0.1) is 0 Å². The molecule has 2 aromatic rings. The smallest absolute Gasteiger partial charge is 0.356 e. The number of aromatic nitrogens is 1. The van der Waals surface area contributed by atoms with Gasteiger partial charge in [-0.1, -0.05) is 11.3 Å². The van der Waals surface area contributed by atoms with Crippen LogP contribution in [-0.4, -0.2) is 29.0 Å². The van der Waals surface area contributed by atoms with Crippen LogP contribution in [-0.2, 0) is 0 Å². The van der Waals surface area contributed by atoms with E-state index in [0.29, 0.717) is 5.69 Å². The molecule has 0 aliphatic heterocycles. The van der Waals surface area contributed by atoms with Crippen molar-refractivity contribution in [3.8, 4) is 5.75 Å². The van der Waals surface area contributed by atoms with E-state index < -0.39 is 11.8 Å². The number of carbonyl (C=O) groups is 2. The highest BCUT2D eigenvalue weighted by molar-refractivity contribution is 7.17.